The number of fused-ring (bicyclic) bond motifs is 1. The topological polar surface area (TPSA) is 52.3 Å². The van der Waals surface area contributed by atoms with Crippen molar-refractivity contribution in [2.24, 2.45) is 5.73 Å². The average Bonchev–Trinajstić information content (AvgIpc) is 2.39. The summed E-state index contributed by atoms with van der Waals surface area (Å²) in [5.74, 6) is -0.270. The summed E-state index contributed by atoms with van der Waals surface area (Å²) < 4.78 is 5.15. The van der Waals surface area contributed by atoms with E-state index in [1.54, 1.807) is 0 Å². The first kappa shape index (κ1) is 14.1. The number of carbonyl (C=O) groups excluding carboxylic acids is 1. The van der Waals surface area contributed by atoms with Gasteiger partial charge in [-0.2, -0.15) is 0 Å². The summed E-state index contributed by atoms with van der Waals surface area (Å²) in [7, 11) is 0. The summed E-state index contributed by atoms with van der Waals surface area (Å²) in [5, 5.41) is 0. The molecule has 19 heavy (non-hydrogen) atoms. The number of nitrogens with two attached hydrogens (primary N) is 1. The van der Waals surface area contributed by atoms with Gasteiger partial charge in [0.05, 0.1) is 12.5 Å². The molecule has 0 fully saturated rings. The van der Waals surface area contributed by atoms with Crippen LogP contribution in [0.3, 0.4) is 0 Å². The Hall–Kier alpha value is -1.35. The minimum atomic E-state index is -0.150. The normalized spacial score (nSPS) is 19.6. The maximum absolute atomic E-state index is 12.0. The van der Waals surface area contributed by atoms with Crippen molar-refractivity contribution in [1.29, 1.82) is 0 Å². The van der Waals surface area contributed by atoms with Crippen LogP contribution in [-0.4, -0.2) is 18.6 Å². The smallest absolute Gasteiger partial charge is 0.313 e. The van der Waals surface area contributed by atoms with E-state index >= 15 is 0 Å². The highest BCUT2D eigenvalue weighted by Crippen LogP contribution is 2.27. The van der Waals surface area contributed by atoms with Crippen LogP contribution in [0.1, 0.15) is 49.3 Å². The number of hydrogen-bond acceptors (Lipinski definition) is 3. The highest BCUT2D eigenvalue weighted by Gasteiger charge is 2.22. The number of carbonyl (C=O) groups is 1. The van der Waals surface area contributed by atoms with Crippen molar-refractivity contribution >= 4 is 5.97 Å². The van der Waals surface area contributed by atoms with Crippen LogP contribution in [0.15, 0.2) is 18.2 Å². The molecule has 2 atom stereocenters. The van der Waals surface area contributed by atoms with E-state index in [1.807, 2.05) is 13.8 Å². The van der Waals surface area contributed by atoms with E-state index in [0.29, 0.717) is 6.61 Å². The van der Waals surface area contributed by atoms with Gasteiger partial charge in [0.25, 0.3) is 0 Å². The maximum atomic E-state index is 12.0. The second-order valence-electron chi connectivity index (χ2n) is 5.24. The lowest BCUT2D eigenvalue weighted by atomic mass is 9.85. The van der Waals surface area contributed by atoms with Crippen molar-refractivity contribution in [3.63, 3.8) is 0 Å². The van der Waals surface area contributed by atoms with Crippen molar-refractivity contribution < 1.29 is 9.53 Å². The Bertz CT molecular complexity index is 456. The summed E-state index contributed by atoms with van der Waals surface area (Å²) >= 11 is 0. The Labute approximate surface area is 115 Å². The summed E-state index contributed by atoms with van der Waals surface area (Å²) in [6.45, 7) is 4.30. The fourth-order valence-electron chi connectivity index (χ4n) is 2.80. The predicted octanol–water partition coefficient (Wildman–Crippen LogP) is 2.56. The van der Waals surface area contributed by atoms with Crippen LogP contribution in [0.5, 0.6) is 0 Å². The van der Waals surface area contributed by atoms with E-state index in [9.17, 15) is 4.79 Å². The lowest BCUT2D eigenvalue weighted by Gasteiger charge is -2.23. The second kappa shape index (κ2) is 6.20. The van der Waals surface area contributed by atoms with Crippen LogP contribution in [-0.2, 0) is 22.4 Å². The third kappa shape index (κ3) is 3.16. The van der Waals surface area contributed by atoms with Crippen LogP contribution in [0.25, 0.3) is 0 Å². The lowest BCUT2D eigenvalue weighted by molar-refractivity contribution is -0.145. The van der Waals surface area contributed by atoms with Gasteiger partial charge >= 0.3 is 5.97 Å². The fourth-order valence-corrected chi connectivity index (χ4v) is 2.80. The zero-order chi connectivity index (χ0) is 13.8. The fraction of sp³-hybridized carbons (Fsp3) is 0.562. The molecule has 104 valence electrons. The van der Waals surface area contributed by atoms with Gasteiger partial charge in [-0.05, 0) is 49.3 Å². The molecule has 0 radical (unpaired) electrons. The highest BCUT2D eigenvalue weighted by molar-refractivity contribution is 5.78. The molecule has 2 unspecified atom stereocenters. The molecule has 2 N–H and O–H groups in total. The van der Waals surface area contributed by atoms with Crippen molar-refractivity contribution in [2.45, 2.75) is 51.5 Å². The number of esters is 1. The first-order chi connectivity index (χ1) is 9.15. The van der Waals surface area contributed by atoms with Gasteiger partial charge in [-0.15, -0.1) is 0 Å². The lowest BCUT2D eigenvalue weighted by Crippen LogP contribution is -2.28. The summed E-state index contributed by atoms with van der Waals surface area (Å²) in [5.41, 5.74) is 9.77. The van der Waals surface area contributed by atoms with E-state index in [2.05, 4.69) is 18.2 Å². The van der Waals surface area contributed by atoms with Crippen LogP contribution < -0.4 is 5.73 Å². The molecule has 2 rings (SSSR count). The van der Waals surface area contributed by atoms with Gasteiger partial charge in [-0.3, -0.25) is 4.79 Å². The van der Waals surface area contributed by atoms with E-state index in [-0.39, 0.29) is 17.9 Å². The molecule has 0 saturated carbocycles. The second-order valence-corrected chi connectivity index (χ2v) is 5.24. The molecule has 0 spiro atoms. The molecule has 0 saturated heterocycles. The van der Waals surface area contributed by atoms with Crippen LogP contribution >= 0.6 is 0 Å². The summed E-state index contributed by atoms with van der Waals surface area (Å²) in [6.07, 6.45) is 3.79. The number of rotatable bonds is 4. The Kier molecular flexibility index (Phi) is 4.59. The summed E-state index contributed by atoms with van der Waals surface area (Å²) in [6, 6.07) is 6.63. The molecule has 1 aliphatic carbocycles. The van der Waals surface area contributed by atoms with E-state index in [0.717, 1.165) is 31.2 Å². The first-order valence-corrected chi connectivity index (χ1v) is 7.19. The van der Waals surface area contributed by atoms with Crippen LogP contribution in [0, 0.1) is 0 Å². The van der Waals surface area contributed by atoms with Gasteiger partial charge < -0.3 is 10.5 Å². The first-order valence-electron chi connectivity index (χ1n) is 7.19. The zero-order valence-electron chi connectivity index (χ0n) is 11.8. The molecule has 0 heterocycles. The maximum Gasteiger partial charge on any atom is 0.313 e. The van der Waals surface area contributed by atoms with Gasteiger partial charge in [-0.1, -0.05) is 25.1 Å². The quantitative estimate of drug-likeness (QED) is 0.847. The molecule has 0 bridgehead atoms. The Morgan fingerprint density at radius 1 is 1.42 bits per heavy atom. The van der Waals surface area contributed by atoms with Crippen LogP contribution in [0.4, 0.5) is 0 Å². The minimum absolute atomic E-state index is 0.120. The molecule has 1 aromatic carbocycles. The van der Waals surface area contributed by atoms with Gasteiger partial charge in [0.15, 0.2) is 0 Å². The van der Waals surface area contributed by atoms with Crippen molar-refractivity contribution in [2.75, 3.05) is 6.61 Å². The monoisotopic (exact) mass is 261 g/mol. The molecule has 3 heteroatoms. The molecule has 0 amide bonds. The molecule has 0 aliphatic heterocycles. The largest absolute Gasteiger partial charge is 0.466 e. The van der Waals surface area contributed by atoms with E-state index in [4.69, 9.17) is 10.5 Å². The van der Waals surface area contributed by atoms with Crippen molar-refractivity contribution in [3.05, 3.63) is 34.9 Å². The predicted molar refractivity (Wildman–Crippen MR) is 76.1 cm³/mol. The molecule has 3 nitrogen and oxygen atoms in total. The number of ether oxygens (including phenoxy) is 1. The molecular formula is C16H23NO2. The van der Waals surface area contributed by atoms with Gasteiger partial charge in [0, 0.05) is 6.04 Å². The third-order valence-corrected chi connectivity index (χ3v) is 3.88. The number of benzene rings is 1. The highest BCUT2D eigenvalue weighted by atomic mass is 16.5. The van der Waals surface area contributed by atoms with Crippen molar-refractivity contribution in [1.82, 2.24) is 0 Å². The Morgan fingerprint density at radius 3 is 2.89 bits per heavy atom. The Balaban J connectivity index is 2.24. The van der Waals surface area contributed by atoms with Gasteiger partial charge in [0.1, 0.15) is 0 Å². The third-order valence-electron chi connectivity index (χ3n) is 3.88. The average molecular weight is 261 g/mol. The molecule has 1 aromatic rings. The van der Waals surface area contributed by atoms with E-state index < -0.39 is 0 Å². The minimum Gasteiger partial charge on any atom is -0.466 e. The van der Waals surface area contributed by atoms with Crippen molar-refractivity contribution in [3.8, 4) is 0 Å². The SMILES string of the molecule is CCOC(=O)C(CC)c1ccc2c(c1)CC(N)CC2. The summed E-state index contributed by atoms with van der Waals surface area (Å²) in [4.78, 5) is 12.0. The number of aryl methyl sites for hydroxylation is 1. The van der Waals surface area contributed by atoms with E-state index in [1.165, 1.54) is 11.1 Å². The Morgan fingerprint density at radius 2 is 2.21 bits per heavy atom. The molecule has 0 aromatic heterocycles. The number of hydrogen-bond donors (Lipinski definition) is 1. The van der Waals surface area contributed by atoms with Crippen LogP contribution in [0.2, 0.25) is 0 Å². The zero-order valence-corrected chi connectivity index (χ0v) is 11.8. The van der Waals surface area contributed by atoms with Gasteiger partial charge in [-0.25, -0.2) is 0 Å². The van der Waals surface area contributed by atoms with Gasteiger partial charge in [0.2, 0.25) is 0 Å². The molecular weight excluding hydrogens is 238 g/mol. The standard InChI is InChI=1S/C16H23NO2/c1-3-15(16(18)19-4-2)12-6-5-11-7-8-14(17)10-13(11)9-12/h5-6,9,14-15H,3-4,7-8,10,17H2,1-2H3. The molecule has 1 aliphatic rings.